The lowest BCUT2D eigenvalue weighted by Crippen LogP contribution is -2.32. The lowest BCUT2D eigenvalue weighted by atomic mass is 9.92. The number of unbranched alkanes of at least 4 members (excludes halogenated alkanes) is 5. The predicted octanol–water partition coefficient (Wildman–Crippen LogP) is 6.61. The Morgan fingerprint density at radius 1 is 1.00 bits per heavy atom. The maximum atomic E-state index is 12.1. The molecule has 0 bridgehead atoms. The lowest BCUT2D eigenvalue weighted by Gasteiger charge is -2.23. The first-order valence-corrected chi connectivity index (χ1v) is 11.0. The van der Waals surface area contributed by atoms with Gasteiger partial charge in [-0.25, -0.2) is 9.97 Å². The molecule has 0 saturated heterocycles. The first kappa shape index (κ1) is 23.3. The standard InChI is InChI=1S/C24H33ClN2O2/c1-5-6-7-8-9-10-11-18-16-26-22(27-17-18)19-12-14-20(15-13-19)29-23(28)21(25)24(2,3)4/h12-17,21H,5-11H2,1-4H3. The summed E-state index contributed by atoms with van der Waals surface area (Å²) < 4.78 is 5.38. The summed E-state index contributed by atoms with van der Waals surface area (Å²) in [6.07, 6.45) is 12.5. The molecule has 29 heavy (non-hydrogen) atoms. The molecular formula is C24H33ClN2O2. The van der Waals surface area contributed by atoms with E-state index in [1.54, 1.807) is 12.1 Å². The zero-order chi connectivity index (χ0) is 21.3. The van der Waals surface area contributed by atoms with E-state index in [4.69, 9.17) is 16.3 Å². The number of hydrogen-bond acceptors (Lipinski definition) is 4. The van der Waals surface area contributed by atoms with Crippen LogP contribution in [0.25, 0.3) is 11.4 Å². The van der Waals surface area contributed by atoms with Gasteiger partial charge in [0, 0.05) is 18.0 Å². The largest absolute Gasteiger partial charge is 0.425 e. The number of aromatic nitrogens is 2. The van der Waals surface area contributed by atoms with Gasteiger partial charge >= 0.3 is 5.97 Å². The van der Waals surface area contributed by atoms with Gasteiger partial charge in [-0.3, -0.25) is 4.79 Å². The Morgan fingerprint density at radius 2 is 1.59 bits per heavy atom. The summed E-state index contributed by atoms with van der Waals surface area (Å²) >= 11 is 6.17. The molecule has 1 aromatic heterocycles. The number of benzene rings is 1. The molecule has 0 saturated carbocycles. The number of aryl methyl sites for hydroxylation is 1. The van der Waals surface area contributed by atoms with Crippen LogP contribution in [0.4, 0.5) is 0 Å². The molecule has 4 nitrogen and oxygen atoms in total. The molecule has 0 amide bonds. The van der Waals surface area contributed by atoms with Crippen molar-refractivity contribution in [1.29, 1.82) is 0 Å². The number of esters is 1. The molecule has 0 aliphatic carbocycles. The average molecular weight is 417 g/mol. The van der Waals surface area contributed by atoms with Crippen molar-refractivity contribution >= 4 is 17.6 Å². The SMILES string of the molecule is CCCCCCCCc1cnc(-c2ccc(OC(=O)C(Cl)C(C)(C)C)cc2)nc1. The van der Waals surface area contributed by atoms with Crippen molar-refractivity contribution in [3.05, 3.63) is 42.2 Å². The topological polar surface area (TPSA) is 52.1 Å². The molecule has 5 heteroatoms. The summed E-state index contributed by atoms with van der Waals surface area (Å²) in [7, 11) is 0. The van der Waals surface area contributed by atoms with E-state index in [-0.39, 0.29) is 5.41 Å². The minimum absolute atomic E-state index is 0.357. The third-order valence-electron chi connectivity index (χ3n) is 4.82. The van der Waals surface area contributed by atoms with Crippen molar-refractivity contribution < 1.29 is 9.53 Å². The van der Waals surface area contributed by atoms with Crippen LogP contribution in [-0.2, 0) is 11.2 Å². The lowest BCUT2D eigenvalue weighted by molar-refractivity contribution is -0.135. The van der Waals surface area contributed by atoms with Crippen molar-refractivity contribution in [2.75, 3.05) is 0 Å². The fraction of sp³-hybridized carbons (Fsp3) is 0.542. The summed E-state index contributed by atoms with van der Waals surface area (Å²) in [5.74, 6) is 0.690. The van der Waals surface area contributed by atoms with Crippen LogP contribution >= 0.6 is 11.6 Å². The minimum atomic E-state index is -0.704. The molecule has 0 N–H and O–H groups in total. The van der Waals surface area contributed by atoms with Crippen LogP contribution in [0.1, 0.15) is 71.8 Å². The van der Waals surface area contributed by atoms with Gasteiger partial charge in [0.25, 0.3) is 0 Å². The van der Waals surface area contributed by atoms with E-state index in [9.17, 15) is 4.79 Å². The molecule has 1 aromatic carbocycles. The Hall–Kier alpha value is -1.94. The number of carbonyl (C=O) groups excluding carboxylic acids is 1. The fourth-order valence-corrected chi connectivity index (χ4v) is 2.98. The smallest absolute Gasteiger partial charge is 0.329 e. The number of nitrogens with zero attached hydrogens (tertiary/aromatic N) is 2. The van der Waals surface area contributed by atoms with E-state index in [0.717, 1.165) is 12.0 Å². The highest BCUT2D eigenvalue weighted by molar-refractivity contribution is 6.30. The number of alkyl halides is 1. The highest BCUT2D eigenvalue weighted by atomic mass is 35.5. The van der Waals surface area contributed by atoms with Gasteiger partial charge in [-0.15, -0.1) is 11.6 Å². The normalized spacial score (nSPS) is 12.6. The van der Waals surface area contributed by atoms with Crippen LogP contribution in [0.15, 0.2) is 36.7 Å². The van der Waals surface area contributed by atoms with Gasteiger partial charge in [-0.2, -0.15) is 0 Å². The number of halogens is 1. The molecule has 1 atom stereocenters. The second-order valence-corrected chi connectivity index (χ2v) is 9.04. The molecule has 0 spiro atoms. The molecule has 0 aliphatic rings. The van der Waals surface area contributed by atoms with E-state index >= 15 is 0 Å². The van der Waals surface area contributed by atoms with Crippen LogP contribution in [0.2, 0.25) is 0 Å². The maximum Gasteiger partial charge on any atom is 0.329 e. The number of carbonyl (C=O) groups is 1. The second-order valence-electron chi connectivity index (χ2n) is 8.61. The van der Waals surface area contributed by atoms with Crippen LogP contribution in [0.5, 0.6) is 5.75 Å². The zero-order valence-electron chi connectivity index (χ0n) is 18.1. The van der Waals surface area contributed by atoms with E-state index in [2.05, 4.69) is 16.9 Å². The summed E-state index contributed by atoms with van der Waals surface area (Å²) in [4.78, 5) is 21.1. The van der Waals surface area contributed by atoms with Gasteiger partial charge in [0.1, 0.15) is 11.1 Å². The van der Waals surface area contributed by atoms with Gasteiger partial charge in [-0.05, 0) is 48.1 Å². The number of rotatable bonds is 10. The summed E-state index contributed by atoms with van der Waals surface area (Å²) in [5, 5.41) is -0.704. The summed E-state index contributed by atoms with van der Waals surface area (Å²) in [5.41, 5.74) is 1.70. The molecule has 0 radical (unpaired) electrons. The second kappa shape index (κ2) is 11.3. The number of ether oxygens (including phenoxy) is 1. The Kier molecular flexibility index (Phi) is 9.09. The molecular weight excluding hydrogens is 384 g/mol. The molecule has 1 heterocycles. The summed E-state index contributed by atoms with van der Waals surface area (Å²) in [6, 6.07) is 7.19. The van der Waals surface area contributed by atoms with Crippen LogP contribution < -0.4 is 4.74 Å². The van der Waals surface area contributed by atoms with Gasteiger partial charge in [0.2, 0.25) is 0 Å². The Labute approximate surface area is 180 Å². The zero-order valence-corrected chi connectivity index (χ0v) is 18.8. The molecule has 1 unspecified atom stereocenters. The monoisotopic (exact) mass is 416 g/mol. The third-order valence-corrected chi connectivity index (χ3v) is 5.66. The average Bonchev–Trinajstić information content (AvgIpc) is 2.70. The summed E-state index contributed by atoms with van der Waals surface area (Å²) in [6.45, 7) is 7.95. The first-order chi connectivity index (χ1) is 13.8. The van der Waals surface area contributed by atoms with E-state index in [1.807, 2.05) is 45.3 Å². The van der Waals surface area contributed by atoms with Gasteiger partial charge < -0.3 is 4.74 Å². The minimum Gasteiger partial charge on any atom is -0.425 e. The molecule has 0 aliphatic heterocycles. The highest BCUT2D eigenvalue weighted by Gasteiger charge is 2.30. The van der Waals surface area contributed by atoms with E-state index in [0.29, 0.717) is 11.6 Å². The molecule has 2 aromatic rings. The molecule has 0 fully saturated rings. The van der Waals surface area contributed by atoms with Crippen molar-refractivity contribution in [2.24, 2.45) is 5.41 Å². The van der Waals surface area contributed by atoms with Crippen molar-refractivity contribution in [1.82, 2.24) is 9.97 Å². The highest BCUT2D eigenvalue weighted by Crippen LogP contribution is 2.27. The van der Waals surface area contributed by atoms with Crippen LogP contribution in [0, 0.1) is 5.41 Å². The molecule has 158 valence electrons. The Balaban J connectivity index is 1.87. The van der Waals surface area contributed by atoms with Crippen molar-refractivity contribution in [2.45, 2.75) is 78.0 Å². The van der Waals surface area contributed by atoms with Crippen molar-refractivity contribution in [3.63, 3.8) is 0 Å². The van der Waals surface area contributed by atoms with Crippen LogP contribution in [-0.4, -0.2) is 21.3 Å². The predicted molar refractivity (Wildman–Crippen MR) is 119 cm³/mol. The van der Waals surface area contributed by atoms with Crippen LogP contribution in [0.3, 0.4) is 0 Å². The quantitative estimate of drug-likeness (QED) is 0.189. The van der Waals surface area contributed by atoms with Crippen molar-refractivity contribution in [3.8, 4) is 17.1 Å². The molecule has 2 rings (SSSR count). The van der Waals surface area contributed by atoms with E-state index < -0.39 is 11.3 Å². The third kappa shape index (κ3) is 7.77. The van der Waals surface area contributed by atoms with Gasteiger partial charge in [0.05, 0.1) is 0 Å². The Morgan fingerprint density at radius 3 is 2.17 bits per heavy atom. The Bertz CT molecular complexity index is 752. The fourth-order valence-electron chi connectivity index (χ4n) is 2.94. The maximum absolute atomic E-state index is 12.1. The van der Waals surface area contributed by atoms with Gasteiger partial charge in [-0.1, -0.05) is 59.8 Å². The van der Waals surface area contributed by atoms with Gasteiger partial charge in [0.15, 0.2) is 5.82 Å². The first-order valence-electron chi connectivity index (χ1n) is 10.6. The van der Waals surface area contributed by atoms with E-state index in [1.165, 1.54) is 44.1 Å². The number of hydrogen-bond donors (Lipinski definition) is 0.